The van der Waals surface area contributed by atoms with Crippen LogP contribution in [-0.4, -0.2) is 18.1 Å². The van der Waals surface area contributed by atoms with Crippen LogP contribution in [0.5, 0.6) is 0 Å². The molecule has 0 amide bonds. The second-order valence-corrected chi connectivity index (χ2v) is 5.72. The molecule has 0 saturated heterocycles. The number of nitrogens with zero attached hydrogens (tertiary/aromatic N) is 2. The molecule has 3 nitrogen and oxygen atoms in total. The van der Waals surface area contributed by atoms with Crippen LogP contribution in [0.25, 0.3) is 0 Å². The molecular formula is C19H27N3. The van der Waals surface area contributed by atoms with Gasteiger partial charge in [0.25, 0.3) is 0 Å². The van der Waals surface area contributed by atoms with E-state index in [2.05, 4.69) is 49.9 Å². The highest BCUT2D eigenvalue weighted by molar-refractivity contribution is 5.44. The van der Waals surface area contributed by atoms with E-state index < -0.39 is 0 Å². The van der Waals surface area contributed by atoms with E-state index in [4.69, 9.17) is 10.7 Å². The predicted octanol–water partition coefficient (Wildman–Crippen LogP) is 4.06. The minimum absolute atomic E-state index is 0.117. The van der Waals surface area contributed by atoms with Crippen molar-refractivity contribution in [3.63, 3.8) is 0 Å². The van der Waals surface area contributed by atoms with Crippen LogP contribution < -0.4 is 10.6 Å². The molecule has 0 saturated carbocycles. The van der Waals surface area contributed by atoms with Crippen LogP contribution >= 0.6 is 0 Å². The second-order valence-electron chi connectivity index (χ2n) is 5.72. The number of anilines is 1. The van der Waals surface area contributed by atoms with E-state index in [0.29, 0.717) is 0 Å². The third kappa shape index (κ3) is 3.86. The van der Waals surface area contributed by atoms with Gasteiger partial charge in [-0.1, -0.05) is 50.2 Å². The van der Waals surface area contributed by atoms with Crippen molar-refractivity contribution >= 4 is 5.82 Å². The second kappa shape index (κ2) is 7.95. The number of hydrogen-bond acceptors (Lipinski definition) is 3. The monoisotopic (exact) mass is 297 g/mol. The van der Waals surface area contributed by atoms with E-state index in [0.717, 1.165) is 48.6 Å². The van der Waals surface area contributed by atoms with E-state index in [1.165, 1.54) is 0 Å². The summed E-state index contributed by atoms with van der Waals surface area (Å²) in [6.45, 7) is 8.55. The van der Waals surface area contributed by atoms with Gasteiger partial charge in [0.1, 0.15) is 5.82 Å². The van der Waals surface area contributed by atoms with E-state index in [1.807, 2.05) is 18.2 Å². The van der Waals surface area contributed by atoms with Gasteiger partial charge in [0.15, 0.2) is 0 Å². The van der Waals surface area contributed by atoms with Gasteiger partial charge >= 0.3 is 0 Å². The van der Waals surface area contributed by atoms with Crippen molar-refractivity contribution in [2.45, 2.75) is 39.7 Å². The topological polar surface area (TPSA) is 42.1 Å². The van der Waals surface area contributed by atoms with Crippen molar-refractivity contribution in [1.29, 1.82) is 0 Å². The number of rotatable bonds is 7. The molecule has 0 aliphatic heterocycles. The van der Waals surface area contributed by atoms with Gasteiger partial charge in [0, 0.05) is 18.8 Å². The van der Waals surface area contributed by atoms with E-state index >= 15 is 0 Å². The lowest BCUT2D eigenvalue weighted by Crippen LogP contribution is -2.26. The summed E-state index contributed by atoms with van der Waals surface area (Å²) in [5, 5.41) is 0. The van der Waals surface area contributed by atoms with Gasteiger partial charge in [-0.2, -0.15) is 0 Å². The summed E-state index contributed by atoms with van der Waals surface area (Å²) < 4.78 is 0. The summed E-state index contributed by atoms with van der Waals surface area (Å²) in [5.74, 6) is 1.06. The summed E-state index contributed by atoms with van der Waals surface area (Å²) in [5.41, 5.74) is 9.65. The Bertz CT molecular complexity index is 574. The number of pyridine rings is 1. The molecule has 0 aliphatic rings. The Labute approximate surface area is 134 Å². The van der Waals surface area contributed by atoms with Crippen molar-refractivity contribution in [1.82, 2.24) is 4.98 Å². The average Bonchev–Trinajstić information content (AvgIpc) is 2.55. The molecule has 1 aromatic heterocycles. The van der Waals surface area contributed by atoms with Gasteiger partial charge in [0.05, 0.1) is 6.04 Å². The third-order valence-corrected chi connectivity index (χ3v) is 3.92. The first kappa shape index (κ1) is 16.5. The lowest BCUT2D eigenvalue weighted by atomic mass is 9.98. The normalized spacial score (nSPS) is 12.2. The van der Waals surface area contributed by atoms with E-state index in [1.54, 1.807) is 0 Å². The first-order valence-corrected chi connectivity index (χ1v) is 8.20. The molecule has 1 heterocycles. The highest BCUT2D eigenvalue weighted by atomic mass is 15.2. The first-order chi connectivity index (χ1) is 10.7. The van der Waals surface area contributed by atoms with Crippen LogP contribution in [0.3, 0.4) is 0 Å². The van der Waals surface area contributed by atoms with Crippen LogP contribution in [0.4, 0.5) is 5.82 Å². The lowest BCUT2D eigenvalue weighted by Gasteiger charge is -2.24. The van der Waals surface area contributed by atoms with Crippen LogP contribution in [-0.2, 0) is 0 Å². The molecule has 2 aromatic rings. The fourth-order valence-corrected chi connectivity index (χ4v) is 2.78. The fraction of sp³-hybridized carbons (Fsp3) is 0.421. The minimum atomic E-state index is -0.117. The summed E-state index contributed by atoms with van der Waals surface area (Å²) in [4.78, 5) is 7.16. The Morgan fingerprint density at radius 1 is 1.00 bits per heavy atom. The highest BCUT2D eigenvalue weighted by Crippen LogP contribution is 2.24. The Hall–Kier alpha value is -1.87. The molecule has 0 bridgehead atoms. The zero-order valence-corrected chi connectivity index (χ0v) is 13.9. The predicted molar refractivity (Wildman–Crippen MR) is 94.2 cm³/mol. The number of aryl methyl sites for hydroxylation is 1. The largest absolute Gasteiger partial charge is 0.357 e. The van der Waals surface area contributed by atoms with Crippen LogP contribution in [0, 0.1) is 6.92 Å². The molecule has 22 heavy (non-hydrogen) atoms. The minimum Gasteiger partial charge on any atom is -0.357 e. The molecule has 0 fully saturated rings. The van der Waals surface area contributed by atoms with Gasteiger partial charge in [0.2, 0.25) is 0 Å². The first-order valence-electron chi connectivity index (χ1n) is 8.20. The summed E-state index contributed by atoms with van der Waals surface area (Å²) >= 11 is 0. The Morgan fingerprint density at radius 2 is 1.64 bits per heavy atom. The molecule has 1 aromatic carbocycles. The van der Waals surface area contributed by atoms with Crippen LogP contribution in [0.15, 0.2) is 42.5 Å². The van der Waals surface area contributed by atoms with Crippen molar-refractivity contribution in [3.05, 3.63) is 59.3 Å². The molecule has 0 spiro atoms. The van der Waals surface area contributed by atoms with Gasteiger partial charge in [-0.15, -0.1) is 0 Å². The summed E-state index contributed by atoms with van der Waals surface area (Å²) in [7, 11) is 0. The molecule has 3 heteroatoms. The molecule has 1 atom stereocenters. The smallest absolute Gasteiger partial charge is 0.128 e. The van der Waals surface area contributed by atoms with Crippen LogP contribution in [0.1, 0.15) is 49.6 Å². The Balaban J connectivity index is 2.25. The number of benzene rings is 1. The lowest BCUT2D eigenvalue weighted by molar-refractivity contribution is 0.730. The van der Waals surface area contributed by atoms with Crippen molar-refractivity contribution in [2.24, 2.45) is 5.73 Å². The van der Waals surface area contributed by atoms with Gasteiger partial charge in [-0.3, -0.25) is 0 Å². The molecule has 0 aliphatic carbocycles. The Morgan fingerprint density at radius 3 is 2.18 bits per heavy atom. The molecule has 2 N–H and O–H groups in total. The molecule has 118 valence electrons. The van der Waals surface area contributed by atoms with Gasteiger partial charge < -0.3 is 10.6 Å². The maximum atomic E-state index is 6.41. The fourth-order valence-electron chi connectivity index (χ4n) is 2.78. The maximum Gasteiger partial charge on any atom is 0.128 e. The van der Waals surface area contributed by atoms with Crippen LogP contribution in [0.2, 0.25) is 0 Å². The Kier molecular flexibility index (Phi) is 5.96. The molecule has 2 rings (SSSR count). The SMILES string of the molecule is CCCN(CCC)c1ccc([C@H](N)c2ccccc2)c(C)n1. The molecular weight excluding hydrogens is 270 g/mol. The molecule has 0 radical (unpaired) electrons. The van der Waals surface area contributed by atoms with Crippen molar-refractivity contribution < 1.29 is 0 Å². The maximum absolute atomic E-state index is 6.41. The number of hydrogen-bond donors (Lipinski definition) is 1. The standard InChI is InChI=1S/C19H27N3/c1-4-13-22(14-5-2)18-12-11-17(15(3)21-18)19(20)16-9-7-6-8-10-16/h6-12,19H,4-5,13-14,20H2,1-3H3/t19-/m1/s1. The zero-order chi connectivity index (χ0) is 15.9. The quantitative estimate of drug-likeness (QED) is 0.838. The number of nitrogens with two attached hydrogens (primary N) is 1. The third-order valence-electron chi connectivity index (χ3n) is 3.92. The summed E-state index contributed by atoms with van der Waals surface area (Å²) in [6, 6.07) is 14.3. The van der Waals surface area contributed by atoms with Crippen molar-refractivity contribution in [3.8, 4) is 0 Å². The molecule has 0 unspecified atom stereocenters. The number of aromatic nitrogens is 1. The van der Waals surface area contributed by atoms with E-state index in [-0.39, 0.29) is 6.04 Å². The zero-order valence-electron chi connectivity index (χ0n) is 13.9. The van der Waals surface area contributed by atoms with Crippen molar-refractivity contribution in [2.75, 3.05) is 18.0 Å². The average molecular weight is 297 g/mol. The van der Waals surface area contributed by atoms with Gasteiger partial charge in [-0.25, -0.2) is 4.98 Å². The van der Waals surface area contributed by atoms with E-state index in [9.17, 15) is 0 Å². The van der Waals surface area contributed by atoms with Gasteiger partial charge in [-0.05, 0) is 37.0 Å². The highest BCUT2D eigenvalue weighted by Gasteiger charge is 2.14. The summed E-state index contributed by atoms with van der Waals surface area (Å²) in [6.07, 6.45) is 2.26.